The van der Waals surface area contributed by atoms with Crippen LogP contribution in [-0.4, -0.2) is 18.3 Å². The Hall–Kier alpha value is -11.5. The minimum absolute atomic E-state index is 0.365. The van der Waals surface area contributed by atoms with Crippen molar-refractivity contribution in [2.45, 2.75) is 38.8 Å². The van der Waals surface area contributed by atoms with E-state index >= 15 is 8.78 Å². The molecule has 6 heterocycles. The minimum Gasteiger partial charge on any atom is -0.456 e. The monoisotopic (exact) mass is 1190 g/mol. The molecule has 0 bridgehead atoms. The summed E-state index contributed by atoms with van der Waals surface area (Å²) in [6, 6.07) is 91.2. The lowest BCUT2D eigenvalue weighted by molar-refractivity contribution is 0.454. The molecule has 0 aliphatic rings. The molecule has 438 valence electrons. The molecule has 0 saturated carbocycles. The summed E-state index contributed by atoms with van der Waals surface area (Å²) in [7, 11) is 0. The highest BCUT2D eigenvalue weighted by Gasteiger charge is 2.45. The lowest BCUT2D eigenvalue weighted by Crippen LogP contribution is -2.35. The molecule has 6 aromatic heterocycles. The van der Waals surface area contributed by atoms with E-state index in [1.54, 1.807) is 24.3 Å². The number of para-hydroxylation sites is 8. The lowest BCUT2D eigenvalue weighted by Gasteiger charge is -2.42. The molecule has 0 radical (unpaired) electrons. The Bertz CT molecular complexity index is 6010. The number of hydrogen-bond donors (Lipinski definition) is 0. The second kappa shape index (κ2) is 19.0. The molecule has 0 unspecified atom stereocenters. The van der Waals surface area contributed by atoms with Crippen LogP contribution in [-0.2, 0) is 11.1 Å². The Balaban J connectivity index is 1.17. The Kier molecular flexibility index (Phi) is 10.8. The maximum Gasteiger partial charge on any atom is 0.136 e. The van der Waals surface area contributed by atoms with Crippen LogP contribution in [0.1, 0.15) is 38.8 Å². The average Bonchev–Trinajstić information content (AvgIpc) is 1.32. The van der Waals surface area contributed by atoms with E-state index < -0.39 is 22.7 Å². The van der Waals surface area contributed by atoms with Gasteiger partial charge >= 0.3 is 0 Å². The molecule has 6 nitrogen and oxygen atoms in total. The van der Waals surface area contributed by atoms with Gasteiger partial charge in [0.2, 0.25) is 0 Å². The molecule has 0 fully saturated rings. The number of rotatable bonds is 8. The second-order valence-electron chi connectivity index (χ2n) is 25.6. The van der Waals surface area contributed by atoms with E-state index in [1.807, 2.05) is 48.5 Å². The van der Waals surface area contributed by atoms with Crippen LogP contribution in [0.25, 0.3) is 165 Å². The first kappa shape index (κ1) is 52.5. The zero-order valence-corrected chi connectivity index (χ0v) is 50.8. The fraction of sp³-hybridized carbons (Fsp3) is 0.0714. The summed E-state index contributed by atoms with van der Waals surface area (Å²) in [5.74, 6) is -0.841. The molecule has 92 heavy (non-hydrogen) atoms. The summed E-state index contributed by atoms with van der Waals surface area (Å²) >= 11 is 0. The van der Waals surface area contributed by atoms with Gasteiger partial charge in [-0.2, -0.15) is 0 Å². The van der Waals surface area contributed by atoms with Gasteiger partial charge in [-0.05, 0) is 118 Å². The van der Waals surface area contributed by atoms with Gasteiger partial charge in [-0.3, -0.25) is 0 Å². The van der Waals surface area contributed by atoms with Gasteiger partial charge in [-0.1, -0.05) is 182 Å². The first-order chi connectivity index (χ1) is 45.1. The van der Waals surface area contributed by atoms with Gasteiger partial charge in [0.15, 0.2) is 0 Å². The highest BCUT2D eigenvalue weighted by molar-refractivity contribution is 6.29. The molecule has 0 N–H and O–H groups in total. The van der Waals surface area contributed by atoms with Crippen molar-refractivity contribution in [3.8, 4) is 33.6 Å². The zero-order chi connectivity index (χ0) is 61.5. The van der Waals surface area contributed by atoms with Crippen LogP contribution in [0.5, 0.6) is 0 Å². The largest absolute Gasteiger partial charge is 0.456 e. The van der Waals surface area contributed by atoms with Crippen LogP contribution in [0.4, 0.5) is 8.78 Å². The quantitative estimate of drug-likeness (QED) is 0.152. The van der Waals surface area contributed by atoms with Crippen molar-refractivity contribution in [3.05, 3.63) is 290 Å². The Morgan fingerprint density at radius 1 is 0.261 bits per heavy atom. The van der Waals surface area contributed by atoms with Crippen molar-refractivity contribution in [1.29, 1.82) is 0 Å². The average molecular weight is 1190 g/mol. The molecule has 0 amide bonds. The fourth-order valence-electron chi connectivity index (χ4n) is 16.5. The smallest absolute Gasteiger partial charge is 0.136 e. The van der Waals surface area contributed by atoms with Crippen molar-refractivity contribution < 1.29 is 17.6 Å². The zero-order valence-electron chi connectivity index (χ0n) is 50.8. The van der Waals surface area contributed by atoms with E-state index in [-0.39, 0.29) is 0 Å². The summed E-state index contributed by atoms with van der Waals surface area (Å²) in [5, 5.41) is 12.2. The van der Waals surface area contributed by atoms with Gasteiger partial charge in [0.05, 0.1) is 44.5 Å². The number of halogens is 2. The molecule has 0 aliphatic carbocycles. The second-order valence-corrected chi connectivity index (χ2v) is 25.6. The van der Waals surface area contributed by atoms with Crippen molar-refractivity contribution >= 4 is 131 Å². The van der Waals surface area contributed by atoms with E-state index in [2.05, 4.69) is 240 Å². The topological polar surface area (TPSA) is 46.0 Å². The Morgan fingerprint density at radius 2 is 0.565 bits per heavy atom. The van der Waals surface area contributed by atoms with Gasteiger partial charge in [0, 0.05) is 115 Å². The molecule has 8 heteroatoms. The van der Waals surface area contributed by atoms with Crippen molar-refractivity contribution in [3.63, 3.8) is 0 Å². The molecule has 0 saturated heterocycles. The number of aromatic nitrogens is 4. The van der Waals surface area contributed by atoms with E-state index in [4.69, 9.17) is 8.83 Å². The van der Waals surface area contributed by atoms with Crippen molar-refractivity contribution in [1.82, 2.24) is 18.3 Å². The third kappa shape index (κ3) is 6.95. The standard InChI is InChI=1S/C84H56F2N4O2/c1-83(2,89-63-39-19-7-25-49(63)50-26-8-20-40-64(50)89)79-77(53-29-5-15-35-59(53)85)81(87-61-37-17-11-31-55(61)73-67(87)45-47-71-75(73)57-33-13-23-43-69(57)91-71)80(84(3,4)90-65-41-21-9-27-51(65)52-28-10-22-42-66(52)90)82(78(79)54-30-6-16-36-60(54)86)88-62-38-18-12-32-56(62)74-68(88)46-48-72-76(74)58-34-14-24-44-70(58)92-72/h5-48H,1-4H3. The molecular weight excluding hydrogens is 1130 g/mol. The van der Waals surface area contributed by atoms with Gasteiger partial charge in [-0.15, -0.1) is 0 Å². The van der Waals surface area contributed by atoms with Crippen LogP contribution >= 0.6 is 0 Å². The maximum absolute atomic E-state index is 18.9. The van der Waals surface area contributed by atoms with E-state index in [0.717, 1.165) is 148 Å². The van der Waals surface area contributed by atoms with Crippen LogP contribution in [0, 0.1) is 11.6 Å². The Labute approximate surface area is 526 Å². The molecule has 0 aliphatic heterocycles. The molecule has 0 atom stereocenters. The normalized spacial score (nSPS) is 12.7. The van der Waals surface area contributed by atoms with Crippen LogP contribution in [0.15, 0.2) is 276 Å². The number of benzene rings is 13. The van der Waals surface area contributed by atoms with E-state index in [9.17, 15) is 0 Å². The number of fused-ring (bicyclic) bond motifs is 20. The fourth-order valence-corrected chi connectivity index (χ4v) is 16.5. The van der Waals surface area contributed by atoms with Gasteiger partial charge < -0.3 is 27.1 Å². The van der Waals surface area contributed by atoms with E-state index in [0.29, 0.717) is 27.8 Å². The SMILES string of the molecule is CC(C)(c1c(-c2ccccc2F)c(-n2c3ccccc3c3c4c(ccc32)oc2ccccc24)c(C(C)(C)n2c3ccccc3c3ccccc32)c(-n2c3ccccc3c3c4c(ccc32)oc2ccccc24)c1-c1ccccc1F)n1c2ccccc2c2ccccc21. The minimum atomic E-state index is -1.17. The van der Waals surface area contributed by atoms with Crippen LogP contribution in [0.3, 0.4) is 0 Å². The number of hydrogen-bond acceptors (Lipinski definition) is 2. The molecule has 13 aromatic carbocycles. The lowest BCUT2D eigenvalue weighted by atomic mass is 9.74. The summed E-state index contributed by atoms with van der Waals surface area (Å²) in [5.41, 5.74) is 13.3. The van der Waals surface area contributed by atoms with Crippen molar-refractivity contribution in [2.75, 3.05) is 0 Å². The van der Waals surface area contributed by atoms with Crippen LogP contribution < -0.4 is 0 Å². The van der Waals surface area contributed by atoms with Crippen LogP contribution in [0.2, 0.25) is 0 Å². The maximum atomic E-state index is 18.9. The van der Waals surface area contributed by atoms with Gasteiger partial charge in [0.1, 0.15) is 34.0 Å². The molecule has 0 spiro atoms. The summed E-state index contributed by atoms with van der Waals surface area (Å²) in [6.45, 7) is 9.13. The third-order valence-electron chi connectivity index (χ3n) is 20.0. The van der Waals surface area contributed by atoms with E-state index in [1.165, 1.54) is 0 Å². The highest BCUT2D eigenvalue weighted by Crippen LogP contribution is 2.58. The van der Waals surface area contributed by atoms with Gasteiger partial charge in [0.25, 0.3) is 0 Å². The first-order valence-corrected chi connectivity index (χ1v) is 31.5. The Morgan fingerprint density at radius 3 is 0.946 bits per heavy atom. The molecule has 19 rings (SSSR count). The number of nitrogens with zero attached hydrogens (tertiary/aromatic N) is 4. The highest BCUT2D eigenvalue weighted by atomic mass is 19.1. The predicted octanol–water partition coefficient (Wildman–Crippen LogP) is 23.1. The summed E-state index contributed by atoms with van der Waals surface area (Å²) < 4.78 is 61.2. The summed E-state index contributed by atoms with van der Waals surface area (Å²) in [6.07, 6.45) is 0. The number of furan rings is 2. The molecule has 19 aromatic rings. The third-order valence-corrected chi connectivity index (χ3v) is 20.0. The molecular formula is C84H56F2N4O2. The summed E-state index contributed by atoms with van der Waals surface area (Å²) in [4.78, 5) is 0. The van der Waals surface area contributed by atoms with Gasteiger partial charge in [-0.25, -0.2) is 8.78 Å². The first-order valence-electron chi connectivity index (χ1n) is 31.5. The van der Waals surface area contributed by atoms with Crippen molar-refractivity contribution in [2.24, 2.45) is 0 Å². The predicted molar refractivity (Wildman–Crippen MR) is 376 cm³/mol.